The normalized spacial score (nSPS) is 10.7. The SMILES string of the molecule is Cc1ccnc(-c2ccc(CCCCCc3ccccn3)cc2)c1.[HH]. The number of rotatable bonds is 7. The Labute approximate surface area is 146 Å². The molecule has 124 valence electrons. The molecule has 0 spiro atoms. The average Bonchev–Trinajstić information content (AvgIpc) is 2.63. The summed E-state index contributed by atoms with van der Waals surface area (Å²) >= 11 is 0. The van der Waals surface area contributed by atoms with Gasteiger partial charge < -0.3 is 0 Å². The first-order valence-electron chi connectivity index (χ1n) is 8.73. The highest BCUT2D eigenvalue weighted by Gasteiger charge is 2.00. The summed E-state index contributed by atoms with van der Waals surface area (Å²) in [4.78, 5) is 8.82. The van der Waals surface area contributed by atoms with Crippen molar-refractivity contribution >= 4 is 0 Å². The third kappa shape index (κ3) is 4.76. The third-order valence-corrected chi connectivity index (χ3v) is 4.29. The minimum atomic E-state index is 0. The summed E-state index contributed by atoms with van der Waals surface area (Å²) in [5.74, 6) is 0. The minimum Gasteiger partial charge on any atom is -0.261 e. The summed E-state index contributed by atoms with van der Waals surface area (Å²) in [7, 11) is 0. The van der Waals surface area contributed by atoms with Crippen LogP contribution >= 0.6 is 0 Å². The smallest absolute Gasteiger partial charge is 0.0704 e. The molecule has 0 amide bonds. The molecule has 0 aliphatic carbocycles. The molecule has 0 atom stereocenters. The molecule has 0 fully saturated rings. The van der Waals surface area contributed by atoms with Crippen LogP contribution in [0.5, 0.6) is 0 Å². The van der Waals surface area contributed by atoms with E-state index in [1.165, 1.54) is 41.6 Å². The molecule has 0 saturated heterocycles. The van der Waals surface area contributed by atoms with Crippen LogP contribution in [0.25, 0.3) is 11.3 Å². The molecule has 0 aliphatic rings. The fourth-order valence-electron chi connectivity index (χ4n) is 2.89. The molecular formula is C22H26N2. The van der Waals surface area contributed by atoms with E-state index in [4.69, 9.17) is 0 Å². The molecule has 2 heterocycles. The number of aryl methyl sites for hydroxylation is 3. The first-order valence-corrected chi connectivity index (χ1v) is 8.73. The number of hydrogen-bond acceptors (Lipinski definition) is 2. The largest absolute Gasteiger partial charge is 0.261 e. The van der Waals surface area contributed by atoms with Crippen molar-refractivity contribution in [3.63, 3.8) is 0 Å². The molecule has 3 aromatic rings. The molecule has 2 nitrogen and oxygen atoms in total. The van der Waals surface area contributed by atoms with Crippen molar-refractivity contribution in [2.45, 2.75) is 39.0 Å². The lowest BCUT2D eigenvalue weighted by Gasteiger charge is -2.05. The molecule has 3 rings (SSSR count). The van der Waals surface area contributed by atoms with Gasteiger partial charge in [-0.05, 0) is 68.0 Å². The van der Waals surface area contributed by atoms with Gasteiger partial charge in [-0.2, -0.15) is 0 Å². The lowest BCUT2D eigenvalue weighted by Crippen LogP contribution is -1.91. The van der Waals surface area contributed by atoms with E-state index in [2.05, 4.69) is 59.4 Å². The van der Waals surface area contributed by atoms with E-state index in [9.17, 15) is 0 Å². The minimum absolute atomic E-state index is 0. The molecule has 1 aromatic carbocycles. The maximum Gasteiger partial charge on any atom is 0.0704 e. The highest BCUT2D eigenvalue weighted by atomic mass is 14.7. The van der Waals surface area contributed by atoms with Crippen LogP contribution in [-0.2, 0) is 12.8 Å². The number of aromatic nitrogens is 2. The van der Waals surface area contributed by atoms with Crippen molar-refractivity contribution in [1.29, 1.82) is 0 Å². The van der Waals surface area contributed by atoms with Gasteiger partial charge in [0, 0.05) is 25.1 Å². The standard InChI is InChI=1S/C22H24N2.H2/c1-18-14-16-24-22(17-18)20-12-10-19(11-13-20)7-3-2-4-8-21-9-5-6-15-23-21;/h5-6,9-17H,2-4,7-8H2,1H3;1H. The van der Waals surface area contributed by atoms with Crippen LogP contribution in [-0.4, -0.2) is 9.97 Å². The lowest BCUT2D eigenvalue weighted by atomic mass is 10.0. The van der Waals surface area contributed by atoms with E-state index >= 15 is 0 Å². The fourth-order valence-corrected chi connectivity index (χ4v) is 2.89. The van der Waals surface area contributed by atoms with Crippen LogP contribution in [0.2, 0.25) is 0 Å². The summed E-state index contributed by atoms with van der Waals surface area (Å²) < 4.78 is 0. The van der Waals surface area contributed by atoms with Crippen molar-refractivity contribution in [3.05, 3.63) is 83.8 Å². The highest BCUT2D eigenvalue weighted by Crippen LogP contribution is 2.19. The molecule has 0 bridgehead atoms. The number of hydrogen-bond donors (Lipinski definition) is 0. The Hall–Kier alpha value is -2.48. The zero-order valence-electron chi connectivity index (χ0n) is 14.3. The zero-order valence-corrected chi connectivity index (χ0v) is 14.3. The molecule has 0 saturated carbocycles. The van der Waals surface area contributed by atoms with Crippen LogP contribution in [0.1, 0.15) is 37.5 Å². The quantitative estimate of drug-likeness (QED) is 0.526. The van der Waals surface area contributed by atoms with E-state index in [0.29, 0.717) is 0 Å². The van der Waals surface area contributed by atoms with E-state index in [-0.39, 0.29) is 1.43 Å². The topological polar surface area (TPSA) is 25.8 Å². The summed E-state index contributed by atoms with van der Waals surface area (Å²) in [5.41, 5.74) is 6.10. The van der Waals surface area contributed by atoms with Gasteiger partial charge in [0.2, 0.25) is 0 Å². The van der Waals surface area contributed by atoms with Crippen LogP contribution < -0.4 is 0 Å². The number of pyridine rings is 2. The van der Waals surface area contributed by atoms with Crippen molar-refractivity contribution in [2.24, 2.45) is 0 Å². The van der Waals surface area contributed by atoms with Crippen LogP contribution in [0.4, 0.5) is 0 Å². The van der Waals surface area contributed by atoms with Crippen molar-refractivity contribution in [2.75, 3.05) is 0 Å². The average molecular weight is 318 g/mol. The van der Waals surface area contributed by atoms with Crippen LogP contribution in [0, 0.1) is 6.92 Å². The molecule has 2 heteroatoms. The predicted molar refractivity (Wildman–Crippen MR) is 102 cm³/mol. The van der Waals surface area contributed by atoms with Crippen LogP contribution in [0.3, 0.4) is 0 Å². The molecule has 0 unspecified atom stereocenters. The highest BCUT2D eigenvalue weighted by molar-refractivity contribution is 5.59. The van der Waals surface area contributed by atoms with Crippen molar-refractivity contribution in [3.8, 4) is 11.3 Å². The molecule has 0 aliphatic heterocycles. The Morgan fingerprint density at radius 3 is 2.38 bits per heavy atom. The Kier molecular flexibility index (Phi) is 5.73. The fraction of sp³-hybridized carbons (Fsp3) is 0.273. The van der Waals surface area contributed by atoms with E-state index in [1.807, 2.05) is 24.5 Å². The molecule has 0 N–H and O–H groups in total. The summed E-state index contributed by atoms with van der Waals surface area (Å²) in [6.45, 7) is 2.10. The Bertz CT molecular complexity index is 754. The van der Waals surface area contributed by atoms with Gasteiger partial charge in [-0.3, -0.25) is 9.97 Å². The van der Waals surface area contributed by atoms with Gasteiger partial charge in [0.05, 0.1) is 5.69 Å². The summed E-state index contributed by atoms with van der Waals surface area (Å²) in [6.07, 6.45) is 9.66. The van der Waals surface area contributed by atoms with Gasteiger partial charge in [-0.25, -0.2) is 0 Å². The predicted octanol–water partition coefficient (Wildman–Crippen LogP) is 5.65. The molecule has 2 aromatic heterocycles. The zero-order chi connectivity index (χ0) is 16.6. The molecular weight excluding hydrogens is 292 g/mol. The Balaban J connectivity index is 0.00000225. The van der Waals surface area contributed by atoms with Gasteiger partial charge in [-0.1, -0.05) is 36.8 Å². The van der Waals surface area contributed by atoms with E-state index in [1.54, 1.807) is 0 Å². The van der Waals surface area contributed by atoms with E-state index < -0.39 is 0 Å². The van der Waals surface area contributed by atoms with E-state index in [0.717, 1.165) is 18.5 Å². The second-order valence-electron chi connectivity index (χ2n) is 6.30. The van der Waals surface area contributed by atoms with Gasteiger partial charge in [-0.15, -0.1) is 0 Å². The van der Waals surface area contributed by atoms with Gasteiger partial charge in [0.1, 0.15) is 0 Å². The Morgan fingerprint density at radius 2 is 1.62 bits per heavy atom. The maximum absolute atomic E-state index is 4.45. The number of nitrogens with zero attached hydrogens (tertiary/aromatic N) is 2. The number of benzene rings is 1. The van der Waals surface area contributed by atoms with Crippen molar-refractivity contribution < 1.29 is 1.43 Å². The Morgan fingerprint density at radius 1 is 0.792 bits per heavy atom. The first kappa shape index (κ1) is 16.4. The third-order valence-electron chi connectivity index (χ3n) is 4.29. The monoisotopic (exact) mass is 318 g/mol. The molecule has 24 heavy (non-hydrogen) atoms. The number of unbranched alkanes of at least 4 members (excludes halogenated alkanes) is 2. The second kappa shape index (κ2) is 8.39. The van der Waals surface area contributed by atoms with Gasteiger partial charge in [0.15, 0.2) is 0 Å². The first-order chi connectivity index (χ1) is 11.8. The van der Waals surface area contributed by atoms with Crippen LogP contribution in [0.15, 0.2) is 67.0 Å². The molecule has 0 radical (unpaired) electrons. The summed E-state index contributed by atoms with van der Waals surface area (Å²) in [5, 5.41) is 0. The van der Waals surface area contributed by atoms with Crippen molar-refractivity contribution in [1.82, 2.24) is 9.97 Å². The maximum atomic E-state index is 4.45. The lowest BCUT2D eigenvalue weighted by molar-refractivity contribution is 0.671. The van der Waals surface area contributed by atoms with Gasteiger partial charge in [0.25, 0.3) is 0 Å². The van der Waals surface area contributed by atoms with Gasteiger partial charge >= 0.3 is 0 Å². The second-order valence-corrected chi connectivity index (χ2v) is 6.30. The summed E-state index contributed by atoms with van der Waals surface area (Å²) in [6, 6.07) is 19.1.